The molecule has 0 saturated carbocycles. The van der Waals surface area contributed by atoms with E-state index < -0.39 is 0 Å². The number of aromatic nitrogens is 1. The second-order valence-electron chi connectivity index (χ2n) is 6.60. The third kappa shape index (κ3) is 6.49. The van der Waals surface area contributed by atoms with E-state index >= 15 is 0 Å². The molecule has 0 aliphatic heterocycles. The Labute approximate surface area is 166 Å². The van der Waals surface area contributed by atoms with Crippen LogP contribution in [0.4, 0.5) is 5.13 Å². The second kappa shape index (κ2) is 9.23. The van der Waals surface area contributed by atoms with Crippen molar-refractivity contribution in [2.75, 3.05) is 18.5 Å². The van der Waals surface area contributed by atoms with Crippen LogP contribution in [0.1, 0.15) is 33.3 Å². The number of amides is 1. The summed E-state index contributed by atoms with van der Waals surface area (Å²) in [5.74, 6) is 0.960. The van der Waals surface area contributed by atoms with Crippen LogP contribution in [0.25, 0.3) is 0 Å². The molecule has 142 valence electrons. The Morgan fingerprint density at radius 2 is 2.00 bits per heavy atom. The van der Waals surface area contributed by atoms with E-state index in [1.165, 1.54) is 0 Å². The normalized spacial score (nSPS) is 11.1. The van der Waals surface area contributed by atoms with Crippen LogP contribution in [0.3, 0.4) is 0 Å². The number of carbonyl (C=O) groups excluding carboxylic acids is 1. The van der Waals surface area contributed by atoms with Crippen LogP contribution < -0.4 is 20.1 Å². The van der Waals surface area contributed by atoms with Gasteiger partial charge in [0.05, 0.1) is 6.61 Å². The van der Waals surface area contributed by atoms with E-state index in [2.05, 4.69) is 31.5 Å². The van der Waals surface area contributed by atoms with Gasteiger partial charge in [-0.05, 0) is 45.4 Å². The summed E-state index contributed by atoms with van der Waals surface area (Å²) >= 11 is 5.10. The van der Waals surface area contributed by atoms with Gasteiger partial charge in [-0.2, -0.15) is 0 Å². The fourth-order valence-corrected chi connectivity index (χ4v) is 3.16. The molecule has 0 spiro atoms. The van der Waals surface area contributed by atoms with Crippen molar-refractivity contribution in [3.8, 4) is 11.5 Å². The van der Waals surface area contributed by atoms with E-state index in [0.29, 0.717) is 24.7 Å². The zero-order valence-electron chi connectivity index (χ0n) is 15.4. The summed E-state index contributed by atoms with van der Waals surface area (Å²) in [5.41, 5.74) is 0.713. The largest absolute Gasteiger partial charge is 0.490 e. The van der Waals surface area contributed by atoms with Crippen LogP contribution in [0.5, 0.6) is 11.5 Å². The van der Waals surface area contributed by atoms with Crippen LogP contribution in [-0.4, -0.2) is 29.6 Å². The first-order valence-electron chi connectivity index (χ1n) is 8.31. The van der Waals surface area contributed by atoms with E-state index in [1.54, 1.807) is 17.5 Å². The lowest BCUT2D eigenvalue weighted by Crippen LogP contribution is -2.43. The van der Waals surface area contributed by atoms with Gasteiger partial charge in [0.15, 0.2) is 23.2 Å². The van der Waals surface area contributed by atoms with Gasteiger partial charge in [0, 0.05) is 28.1 Å². The van der Waals surface area contributed by atoms with Crippen LogP contribution in [0.15, 0.2) is 28.2 Å². The van der Waals surface area contributed by atoms with Crippen LogP contribution in [0.2, 0.25) is 0 Å². The van der Waals surface area contributed by atoms with E-state index in [9.17, 15) is 4.79 Å². The lowest BCUT2D eigenvalue weighted by atomic mass is 10.1. The van der Waals surface area contributed by atoms with E-state index in [4.69, 9.17) is 9.47 Å². The lowest BCUT2D eigenvalue weighted by molar-refractivity contribution is -0.124. The predicted octanol–water partition coefficient (Wildman–Crippen LogP) is 4.21. The molecule has 2 N–H and O–H groups in total. The lowest BCUT2D eigenvalue weighted by Gasteiger charge is -2.21. The monoisotopic (exact) mass is 441 g/mol. The highest BCUT2D eigenvalue weighted by Crippen LogP contribution is 2.34. The Kier molecular flexibility index (Phi) is 7.28. The second-order valence-corrected chi connectivity index (χ2v) is 8.35. The molecule has 0 bridgehead atoms. The number of benzene rings is 1. The third-order valence-electron chi connectivity index (χ3n) is 3.15. The molecule has 0 radical (unpaired) electrons. The SMILES string of the molecule is CCOc1cc(CNc2nccs2)c(Br)cc1OCC(=O)NC(C)(C)C. The Morgan fingerprint density at radius 3 is 2.62 bits per heavy atom. The van der Waals surface area contributed by atoms with Gasteiger partial charge in [-0.3, -0.25) is 4.79 Å². The minimum Gasteiger partial charge on any atom is -0.490 e. The van der Waals surface area contributed by atoms with Crippen molar-refractivity contribution in [2.45, 2.75) is 39.8 Å². The number of ether oxygens (including phenoxy) is 2. The molecule has 6 nitrogen and oxygen atoms in total. The van der Waals surface area contributed by atoms with Crippen LogP contribution >= 0.6 is 27.3 Å². The molecule has 0 fully saturated rings. The zero-order chi connectivity index (χ0) is 19.2. The van der Waals surface area contributed by atoms with Gasteiger partial charge in [0.2, 0.25) is 0 Å². The summed E-state index contributed by atoms with van der Waals surface area (Å²) < 4.78 is 12.2. The molecule has 1 aromatic carbocycles. The number of hydrogen-bond donors (Lipinski definition) is 2. The average Bonchev–Trinajstić information content (AvgIpc) is 3.05. The minimum absolute atomic E-state index is 0.0690. The topological polar surface area (TPSA) is 72.5 Å². The van der Waals surface area contributed by atoms with Crippen molar-refractivity contribution in [3.05, 3.63) is 33.7 Å². The summed E-state index contributed by atoms with van der Waals surface area (Å²) in [6, 6.07) is 3.74. The summed E-state index contributed by atoms with van der Waals surface area (Å²) in [7, 11) is 0. The highest BCUT2D eigenvalue weighted by Gasteiger charge is 2.16. The number of nitrogens with one attached hydrogen (secondary N) is 2. The van der Waals surface area contributed by atoms with Gasteiger partial charge in [-0.1, -0.05) is 15.9 Å². The molecule has 1 heterocycles. The molecule has 0 saturated heterocycles. The van der Waals surface area contributed by atoms with Gasteiger partial charge in [0.1, 0.15) is 0 Å². The maximum absolute atomic E-state index is 12.0. The van der Waals surface area contributed by atoms with Crippen LogP contribution in [-0.2, 0) is 11.3 Å². The van der Waals surface area contributed by atoms with Gasteiger partial charge < -0.3 is 20.1 Å². The fourth-order valence-electron chi connectivity index (χ4n) is 2.17. The van der Waals surface area contributed by atoms with Crippen molar-refractivity contribution in [1.82, 2.24) is 10.3 Å². The van der Waals surface area contributed by atoms with Gasteiger partial charge >= 0.3 is 0 Å². The molecule has 2 aromatic rings. The number of anilines is 1. The maximum atomic E-state index is 12.0. The van der Waals surface area contributed by atoms with Gasteiger partial charge in [0.25, 0.3) is 5.91 Å². The van der Waals surface area contributed by atoms with E-state index in [0.717, 1.165) is 15.2 Å². The Bertz CT molecular complexity index is 730. The first kappa shape index (κ1) is 20.5. The van der Waals surface area contributed by atoms with Gasteiger partial charge in [-0.25, -0.2) is 4.98 Å². The number of nitrogens with zero attached hydrogens (tertiary/aromatic N) is 1. The number of hydrogen-bond acceptors (Lipinski definition) is 6. The van der Waals surface area contributed by atoms with Crippen molar-refractivity contribution in [1.29, 1.82) is 0 Å². The van der Waals surface area contributed by atoms with Crippen molar-refractivity contribution in [3.63, 3.8) is 0 Å². The number of rotatable bonds is 8. The third-order valence-corrected chi connectivity index (χ3v) is 4.62. The predicted molar refractivity (Wildman–Crippen MR) is 108 cm³/mol. The quantitative estimate of drug-likeness (QED) is 0.641. The van der Waals surface area contributed by atoms with Crippen molar-refractivity contribution >= 4 is 38.3 Å². The highest BCUT2D eigenvalue weighted by atomic mass is 79.9. The molecule has 0 aliphatic carbocycles. The fraction of sp³-hybridized carbons (Fsp3) is 0.444. The number of carbonyl (C=O) groups is 1. The smallest absolute Gasteiger partial charge is 0.258 e. The molecule has 1 amide bonds. The molecule has 2 rings (SSSR count). The summed E-state index contributed by atoms with van der Waals surface area (Å²) in [6.07, 6.45) is 1.76. The zero-order valence-corrected chi connectivity index (χ0v) is 17.8. The first-order chi connectivity index (χ1) is 12.3. The Balaban J connectivity index is 2.08. The summed E-state index contributed by atoms with van der Waals surface area (Å²) in [4.78, 5) is 16.2. The molecule has 8 heteroatoms. The van der Waals surface area contributed by atoms with E-state index in [-0.39, 0.29) is 18.1 Å². The average molecular weight is 442 g/mol. The van der Waals surface area contributed by atoms with Crippen LogP contribution in [0, 0.1) is 0 Å². The van der Waals surface area contributed by atoms with Crippen molar-refractivity contribution in [2.24, 2.45) is 0 Å². The summed E-state index contributed by atoms with van der Waals surface area (Å²) in [5, 5.41) is 8.91. The molecule has 0 unspecified atom stereocenters. The van der Waals surface area contributed by atoms with Crippen molar-refractivity contribution < 1.29 is 14.3 Å². The standard InChI is InChI=1S/C18H24BrN3O3S/c1-5-24-14-8-12(10-21-17-20-6-7-26-17)13(19)9-15(14)25-11-16(23)22-18(2,3)4/h6-9H,5,10-11H2,1-4H3,(H,20,21)(H,22,23). The Hall–Kier alpha value is -1.80. The number of thiazole rings is 1. The molecule has 0 aliphatic rings. The summed E-state index contributed by atoms with van der Waals surface area (Å²) in [6.45, 7) is 8.72. The molecular weight excluding hydrogens is 418 g/mol. The van der Waals surface area contributed by atoms with Gasteiger partial charge in [-0.15, -0.1) is 11.3 Å². The number of halogens is 1. The molecule has 26 heavy (non-hydrogen) atoms. The van der Waals surface area contributed by atoms with E-state index in [1.807, 2.05) is 45.2 Å². The first-order valence-corrected chi connectivity index (χ1v) is 9.98. The minimum atomic E-state index is -0.296. The maximum Gasteiger partial charge on any atom is 0.258 e. The highest BCUT2D eigenvalue weighted by molar-refractivity contribution is 9.10. The Morgan fingerprint density at radius 1 is 1.27 bits per heavy atom. The molecule has 0 atom stereocenters. The molecule has 1 aromatic heterocycles. The molecular formula is C18H24BrN3O3S.